The number of aromatic nitrogens is 4. The van der Waals surface area contributed by atoms with Crippen LogP contribution >= 0.6 is 0 Å². The summed E-state index contributed by atoms with van der Waals surface area (Å²) in [6.07, 6.45) is 7.58. The van der Waals surface area contributed by atoms with Crippen LogP contribution in [0.15, 0.2) is 54.9 Å². The van der Waals surface area contributed by atoms with Crippen molar-refractivity contribution in [3.8, 4) is 22.6 Å². The highest BCUT2D eigenvalue weighted by Crippen LogP contribution is 2.32. The van der Waals surface area contributed by atoms with Gasteiger partial charge in [-0.15, -0.1) is 0 Å². The number of pyridine rings is 1. The Bertz CT molecular complexity index is 1180. The molecule has 30 heavy (non-hydrogen) atoms. The Morgan fingerprint density at radius 3 is 2.67 bits per heavy atom. The van der Waals surface area contributed by atoms with Crippen molar-refractivity contribution in [3.05, 3.63) is 66.2 Å². The van der Waals surface area contributed by atoms with Gasteiger partial charge in [0.25, 0.3) is 0 Å². The minimum atomic E-state index is -0.270. The lowest BCUT2D eigenvalue weighted by atomic mass is 9.93. The van der Waals surface area contributed by atoms with Crippen LogP contribution in [0.5, 0.6) is 0 Å². The van der Waals surface area contributed by atoms with E-state index in [4.69, 9.17) is 4.98 Å². The number of halogens is 1. The summed E-state index contributed by atoms with van der Waals surface area (Å²) in [7, 11) is 1.79. The molecule has 2 N–H and O–H groups in total. The molecule has 3 aromatic heterocycles. The molecule has 0 spiro atoms. The molecule has 0 unspecified atom stereocenters. The third-order valence-corrected chi connectivity index (χ3v) is 5.63. The number of hydrogen-bond donors (Lipinski definition) is 2. The van der Waals surface area contributed by atoms with Gasteiger partial charge < -0.3 is 10.6 Å². The molecule has 4 aromatic rings. The standard InChI is InChI=1S/C23H23FN6/c1-25-23-26-11-9-19(28-23)22-21(16-5-7-17(24)8-6-16)29-20-13-15(10-12-30(20)22)14-27-18-3-2-4-18/h5-13,18,27H,2-4,14H2,1H3,(H,25,26,28). The van der Waals surface area contributed by atoms with E-state index in [1.165, 1.54) is 37.0 Å². The lowest BCUT2D eigenvalue weighted by Gasteiger charge is -2.26. The monoisotopic (exact) mass is 402 g/mol. The highest BCUT2D eigenvalue weighted by molar-refractivity contribution is 5.80. The van der Waals surface area contributed by atoms with Crippen LogP contribution in [0.25, 0.3) is 28.3 Å². The number of imidazole rings is 1. The zero-order valence-electron chi connectivity index (χ0n) is 16.8. The first-order chi connectivity index (χ1) is 14.7. The van der Waals surface area contributed by atoms with Crippen LogP contribution in [-0.2, 0) is 6.54 Å². The van der Waals surface area contributed by atoms with Crippen LogP contribution in [0.1, 0.15) is 24.8 Å². The van der Waals surface area contributed by atoms with Crippen LogP contribution in [0.3, 0.4) is 0 Å². The smallest absolute Gasteiger partial charge is 0.222 e. The Labute approximate surface area is 174 Å². The highest BCUT2D eigenvalue weighted by Gasteiger charge is 2.19. The third kappa shape index (κ3) is 3.52. The van der Waals surface area contributed by atoms with E-state index < -0.39 is 0 Å². The van der Waals surface area contributed by atoms with Crippen molar-refractivity contribution in [3.63, 3.8) is 0 Å². The van der Waals surface area contributed by atoms with E-state index in [1.807, 2.05) is 16.7 Å². The van der Waals surface area contributed by atoms with Gasteiger partial charge in [0.1, 0.15) is 11.5 Å². The van der Waals surface area contributed by atoms with Crippen molar-refractivity contribution in [1.82, 2.24) is 24.7 Å². The van der Waals surface area contributed by atoms with Gasteiger partial charge in [-0.25, -0.2) is 19.3 Å². The first kappa shape index (κ1) is 18.7. The van der Waals surface area contributed by atoms with Crippen molar-refractivity contribution in [2.75, 3.05) is 12.4 Å². The maximum atomic E-state index is 13.5. The van der Waals surface area contributed by atoms with Crippen LogP contribution in [-0.4, -0.2) is 32.4 Å². The molecule has 1 aliphatic carbocycles. The molecule has 3 heterocycles. The van der Waals surface area contributed by atoms with E-state index in [2.05, 4.69) is 32.7 Å². The van der Waals surface area contributed by atoms with Crippen molar-refractivity contribution in [1.29, 1.82) is 0 Å². The largest absolute Gasteiger partial charge is 0.357 e. The molecule has 1 saturated carbocycles. The second-order valence-corrected chi connectivity index (χ2v) is 7.60. The summed E-state index contributed by atoms with van der Waals surface area (Å²) < 4.78 is 15.5. The van der Waals surface area contributed by atoms with Crippen molar-refractivity contribution < 1.29 is 4.39 Å². The van der Waals surface area contributed by atoms with Gasteiger partial charge in [0.05, 0.1) is 17.1 Å². The van der Waals surface area contributed by atoms with E-state index in [0.29, 0.717) is 12.0 Å². The SMILES string of the molecule is CNc1nccc(-c2c(-c3ccc(F)cc3)nc3cc(CNC4CCC4)ccn23)n1. The molecular formula is C23H23FN6. The average molecular weight is 402 g/mol. The van der Waals surface area contributed by atoms with Gasteiger partial charge in [-0.2, -0.15) is 0 Å². The Morgan fingerprint density at radius 1 is 1.10 bits per heavy atom. The summed E-state index contributed by atoms with van der Waals surface area (Å²) in [5.74, 6) is 0.266. The third-order valence-electron chi connectivity index (χ3n) is 5.63. The van der Waals surface area contributed by atoms with E-state index in [-0.39, 0.29) is 5.82 Å². The van der Waals surface area contributed by atoms with E-state index >= 15 is 0 Å². The minimum absolute atomic E-state index is 0.270. The summed E-state index contributed by atoms with van der Waals surface area (Å²) in [5, 5.41) is 6.58. The van der Waals surface area contributed by atoms with Crippen LogP contribution in [0, 0.1) is 5.82 Å². The maximum absolute atomic E-state index is 13.5. The Morgan fingerprint density at radius 2 is 1.93 bits per heavy atom. The van der Waals surface area contributed by atoms with Gasteiger partial charge in [0, 0.05) is 37.6 Å². The van der Waals surface area contributed by atoms with Gasteiger partial charge in [-0.1, -0.05) is 6.42 Å². The fourth-order valence-electron chi connectivity index (χ4n) is 3.74. The zero-order valence-corrected chi connectivity index (χ0v) is 16.8. The maximum Gasteiger partial charge on any atom is 0.222 e. The molecule has 1 fully saturated rings. The Hall–Kier alpha value is -3.32. The molecule has 1 aromatic carbocycles. The van der Waals surface area contributed by atoms with Crippen molar-refractivity contribution in [2.24, 2.45) is 0 Å². The first-order valence-electron chi connectivity index (χ1n) is 10.2. The zero-order chi connectivity index (χ0) is 20.5. The van der Waals surface area contributed by atoms with E-state index in [9.17, 15) is 4.39 Å². The number of rotatable bonds is 6. The predicted molar refractivity (Wildman–Crippen MR) is 116 cm³/mol. The molecule has 5 rings (SSSR count). The minimum Gasteiger partial charge on any atom is -0.357 e. The molecule has 1 aliphatic rings. The van der Waals surface area contributed by atoms with Gasteiger partial charge in [-0.05, 0) is 60.9 Å². The van der Waals surface area contributed by atoms with Crippen LogP contribution in [0.2, 0.25) is 0 Å². The molecule has 0 bridgehead atoms. The second-order valence-electron chi connectivity index (χ2n) is 7.60. The van der Waals surface area contributed by atoms with Gasteiger partial charge in [-0.3, -0.25) is 4.40 Å². The molecule has 0 atom stereocenters. The fourth-order valence-corrected chi connectivity index (χ4v) is 3.74. The van der Waals surface area contributed by atoms with Crippen LogP contribution in [0.4, 0.5) is 10.3 Å². The van der Waals surface area contributed by atoms with E-state index in [1.54, 1.807) is 25.4 Å². The first-order valence-corrected chi connectivity index (χ1v) is 10.2. The summed E-state index contributed by atoms with van der Waals surface area (Å²) >= 11 is 0. The lowest BCUT2D eigenvalue weighted by molar-refractivity contribution is 0.338. The number of anilines is 1. The molecule has 7 heteroatoms. The fraction of sp³-hybridized carbons (Fsp3) is 0.261. The van der Waals surface area contributed by atoms with Crippen molar-refractivity contribution >= 4 is 11.6 Å². The lowest BCUT2D eigenvalue weighted by Crippen LogP contribution is -2.34. The van der Waals surface area contributed by atoms with E-state index in [0.717, 1.165) is 34.8 Å². The number of fused-ring (bicyclic) bond motifs is 1. The Kier molecular flexibility index (Phi) is 4.88. The summed E-state index contributed by atoms with van der Waals surface area (Å²) in [4.78, 5) is 13.7. The summed E-state index contributed by atoms with van der Waals surface area (Å²) in [6.45, 7) is 0.826. The normalized spacial score (nSPS) is 14.1. The number of benzene rings is 1. The Balaban J connectivity index is 1.62. The number of nitrogens with one attached hydrogen (secondary N) is 2. The quantitative estimate of drug-likeness (QED) is 0.504. The molecule has 0 radical (unpaired) electrons. The molecule has 0 aliphatic heterocycles. The highest BCUT2D eigenvalue weighted by atomic mass is 19.1. The van der Waals surface area contributed by atoms with Gasteiger partial charge >= 0.3 is 0 Å². The topological polar surface area (TPSA) is 67.1 Å². The van der Waals surface area contributed by atoms with Gasteiger partial charge in [0.15, 0.2) is 0 Å². The summed E-state index contributed by atoms with van der Waals surface area (Å²) in [6, 6.07) is 13.1. The summed E-state index contributed by atoms with van der Waals surface area (Å²) in [5.41, 5.74) is 5.24. The molecule has 0 amide bonds. The van der Waals surface area contributed by atoms with Crippen molar-refractivity contribution in [2.45, 2.75) is 31.8 Å². The average Bonchev–Trinajstić information content (AvgIpc) is 3.12. The predicted octanol–water partition coefficient (Wildman–Crippen LogP) is 4.28. The molecule has 6 nitrogen and oxygen atoms in total. The number of nitrogens with zero attached hydrogens (tertiary/aromatic N) is 4. The molecular weight excluding hydrogens is 379 g/mol. The molecule has 0 saturated heterocycles. The molecule has 152 valence electrons. The number of hydrogen-bond acceptors (Lipinski definition) is 5. The van der Waals surface area contributed by atoms with Crippen LogP contribution < -0.4 is 10.6 Å². The van der Waals surface area contributed by atoms with Gasteiger partial charge in [0.2, 0.25) is 5.95 Å². The second kappa shape index (κ2) is 7.84.